The van der Waals surface area contributed by atoms with Gasteiger partial charge in [-0.1, -0.05) is 30.3 Å². The van der Waals surface area contributed by atoms with E-state index in [1.807, 2.05) is 56.0 Å². The first-order valence-electron chi connectivity index (χ1n) is 11.6. The van der Waals surface area contributed by atoms with Crippen LogP contribution >= 0.6 is 0 Å². The Bertz CT molecular complexity index is 977. The minimum Gasteiger partial charge on any atom is -0.369 e. The van der Waals surface area contributed by atoms with E-state index in [0.717, 1.165) is 36.1 Å². The summed E-state index contributed by atoms with van der Waals surface area (Å²) >= 11 is 0. The van der Waals surface area contributed by atoms with Gasteiger partial charge in [0.05, 0.1) is 18.7 Å². The smallest absolute Gasteiger partial charge is 0.249 e. The maximum atomic E-state index is 12.9. The lowest BCUT2D eigenvalue weighted by atomic mass is 9.99. The molecule has 2 aromatic rings. The van der Waals surface area contributed by atoms with Crippen molar-refractivity contribution in [3.63, 3.8) is 0 Å². The van der Waals surface area contributed by atoms with Crippen LogP contribution < -0.4 is 4.90 Å². The Balaban J connectivity index is 1.66. The molecule has 1 fully saturated rings. The summed E-state index contributed by atoms with van der Waals surface area (Å²) in [6, 6.07) is 9.78. The van der Waals surface area contributed by atoms with Gasteiger partial charge in [-0.2, -0.15) is 0 Å². The number of amides is 2. The maximum absolute atomic E-state index is 12.9. The first kappa shape index (κ1) is 22.4. The molecule has 4 rings (SSSR count). The Morgan fingerprint density at radius 2 is 1.94 bits per heavy atom. The zero-order valence-corrected chi connectivity index (χ0v) is 19.2. The van der Waals surface area contributed by atoms with Crippen LogP contribution in [0.25, 0.3) is 0 Å². The average Bonchev–Trinajstić information content (AvgIpc) is 2.80. The SMILES string of the molecule is Cc1nc([C@H]2CCCCN2C(=O)COC(C)C)nc2c1CCC(=O)N2Cc1ccccc1. The number of anilines is 1. The summed E-state index contributed by atoms with van der Waals surface area (Å²) in [5, 5.41) is 0. The molecule has 3 heterocycles. The number of aryl methyl sites for hydroxylation is 1. The van der Waals surface area contributed by atoms with E-state index >= 15 is 0 Å². The zero-order valence-electron chi connectivity index (χ0n) is 19.2. The Kier molecular flexibility index (Phi) is 6.84. The topological polar surface area (TPSA) is 75.6 Å². The van der Waals surface area contributed by atoms with Gasteiger partial charge in [-0.25, -0.2) is 9.97 Å². The third-order valence-electron chi connectivity index (χ3n) is 6.20. The molecular formula is C25H32N4O3. The van der Waals surface area contributed by atoms with Crippen molar-refractivity contribution < 1.29 is 14.3 Å². The third-order valence-corrected chi connectivity index (χ3v) is 6.20. The fourth-order valence-corrected chi connectivity index (χ4v) is 4.50. The van der Waals surface area contributed by atoms with Gasteiger partial charge >= 0.3 is 0 Å². The molecule has 2 aliphatic heterocycles. The second-order valence-corrected chi connectivity index (χ2v) is 8.89. The molecular weight excluding hydrogens is 404 g/mol. The number of ether oxygens (including phenoxy) is 1. The number of carbonyl (C=O) groups is 2. The molecule has 0 radical (unpaired) electrons. The number of benzene rings is 1. The molecule has 32 heavy (non-hydrogen) atoms. The number of hydrogen-bond donors (Lipinski definition) is 0. The molecule has 2 aliphatic rings. The van der Waals surface area contributed by atoms with Crippen molar-refractivity contribution in [2.45, 2.75) is 71.6 Å². The fourth-order valence-electron chi connectivity index (χ4n) is 4.50. The third kappa shape index (κ3) is 4.83. The molecule has 170 valence electrons. The van der Waals surface area contributed by atoms with Crippen LogP contribution in [0.3, 0.4) is 0 Å². The van der Waals surface area contributed by atoms with E-state index in [0.29, 0.717) is 37.6 Å². The summed E-state index contributed by atoms with van der Waals surface area (Å²) in [7, 11) is 0. The van der Waals surface area contributed by atoms with Crippen molar-refractivity contribution >= 4 is 17.6 Å². The highest BCUT2D eigenvalue weighted by Gasteiger charge is 2.34. The van der Waals surface area contributed by atoms with Crippen LogP contribution in [0.2, 0.25) is 0 Å². The molecule has 7 nitrogen and oxygen atoms in total. The van der Waals surface area contributed by atoms with Gasteiger partial charge in [0.25, 0.3) is 0 Å². The summed E-state index contributed by atoms with van der Waals surface area (Å²) in [6.07, 6.45) is 3.92. The van der Waals surface area contributed by atoms with Crippen LogP contribution in [0, 0.1) is 6.92 Å². The van der Waals surface area contributed by atoms with Gasteiger partial charge in [0, 0.05) is 24.2 Å². The van der Waals surface area contributed by atoms with Crippen molar-refractivity contribution in [1.82, 2.24) is 14.9 Å². The minimum atomic E-state index is -0.188. The quantitative estimate of drug-likeness (QED) is 0.690. The van der Waals surface area contributed by atoms with Gasteiger partial charge in [-0.15, -0.1) is 0 Å². The maximum Gasteiger partial charge on any atom is 0.249 e. The van der Waals surface area contributed by atoms with E-state index in [9.17, 15) is 9.59 Å². The van der Waals surface area contributed by atoms with Crippen molar-refractivity contribution in [3.8, 4) is 0 Å². The van der Waals surface area contributed by atoms with Gasteiger partial charge in [-0.3, -0.25) is 14.5 Å². The number of likely N-dealkylation sites (tertiary alicyclic amines) is 1. The van der Waals surface area contributed by atoms with Gasteiger partial charge in [0.2, 0.25) is 11.8 Å². The van der Waals surface area contributed by atoms with Crippen molar-refractivity contribution in [2.24, 2.45) is 0 Å². The highest BCUT2D eigenvalue weighted by atomic mass is 16.5. The van der Waals surface area contributed by atoms with Gasteiger partial charge in [-0.05, 0) is 52.0 Å². The predicted molar refractivity (Wildman–Crippen MR) is 122 cm³/mol. The van der Waals surface area contributed by atoms with E-state index in [4.69, 9.17) is 14.7 Å². The largest absolute Gasteiger partial charge is 0.369 e. The van der Waals surface area contributed by atoms with E-state index in [2.05, 4.69) is 0 Å². The van der Waals surface area contributed by atoms with Crippen LogP contribution in [0.1, 0.15) is 68.2 Å². The molecule has 0 saturated carbocycles. The zero-order chi connectivity index (χ0) is 22.7. The summed E-state index contributed by atoms with van der Waals surface area (Å²) in [5.41, 5.74) is 2.99. The average molecular weight is 437 g/mol. The summed E-state index contributed by atoms with van der Waals surface area (Å²) in [6.45, 7) is 7.06. The number of hydrogen-bond acceptors (Lipinski definition) is 5. The summed E-state index contributed by atoms with van der Waals surface area (Å²) in [5.74, 6) is 1.38. The van der Waals surface area contributed by atoms with Gasteiger partial charge < -0.3 is 9.64 Å². The molecule has 0 unspecified atom stereocenters. The number of rotatable bonds is 6. The van der Waals surface area contributed by atoms with Crippen molar-refractivity contribution in [1.29, 1.82) is 0 Å². The van der Waals surface area contributed by atoms with E-state index in [1.165, 1.54) is 0 Å². The lowest BCUT2D eigenvalue weighted by molar-refractivity contribution is -0.141. The van der Waals surface area contributed by atoms with Crippen LogP contribution in [0.5, 0.6) is 0 Å². The predicted octanol–water partition coefficient (Wildman–Crippen LogP) is 3.74. The van der Waals surface area contributed by atoms with Gasteiger partial charge in [0.1, 0.15) is 12.4 Å². The van der Waals surface area contributed by atoms with E-state index in [1.54, 1.807) is 4.90 Å². The fraction of sp³-hybridized carbons (Fsp3) is 0.520. The number of aromatic nitrogens is 2. The number of fused-ring (bicyclic) bond motifs is 1. The standard InChI is InChI=1S/C25H32N4O3/c1-17(2)32-16-23(31)28-14-8-7-11-21(28)24-26-18(3)20-12-13-22(30)29(25(20)27-24)15-19-9-5-4-6-10-19/h4-6,9-10,17,21H,7-8,11-16H2,1-3H3/t21-/m1/s1. The second kappa shape index (κ2) is 9.77. The molecule has 2 amide bonds. The van der Waals surface area contributed by atoms with Crippen LogP contribution in [-0.4, -0.2) is 45.9 Å². The molecule has 0 aliphatic carbocycles. The second-order valence-electron chi connectivity index (χ2n) is 8.89. The molecule has 7 heteroatoms. The molecule has 1 saturated heterocycles. The normalized spacial score (nSPS) is 18.8. The molecule has 0 N–H and O–H groups in total. The molecule has 1 atom stereocenters. The Labute approximate surface area is 189 Å². The van der Waals surface area contributed by atoms with E-state index in [-0.39, 0.29) is 30.6 Å². The summed E-state index contributed by atoms with van der Waals surface area (Å²) < 4.78 is 5.57. The number of carbonyl (C=O) groups excluding carboxylic acids is 2. The highest BCUT2D eigenvalue weighted by Crippen LogP contribution is 2.34. The summed E-state index contributed by atoms with van der Waals surface area (Å²) in [4.78, 5) is 39.1. The molecule has 0 spiro atoms. The molecule has 1 aromatic carbocycles. The van der Waals surface area contributed by atoms with Crippen molar-refractivity contribution in [3.05, 3.63) is 53.0 Å². The Hall–Kier alpha value is -2.80. The first-order chi connectivity index (χ1) is 15.4. The van der Waals surface area contributed by atoms with E-state index < -0.39 is 0 Å². The monoisotopic (exact) mass is 436 g/mol. The van der Waals surface area contributed by atoms with Crippen molar-refractivity contribution in [2.75, 3.05) is 18.1 Å². The van der Waals surface area contributed by atoms with Crippen LogP contribution in [0.15, 0.2) is 30.3 Å². The minimum absolute atomic E-state index is 0.00184. The first-order valence-corrected chi connectivity index (χ1v) is 11.6. The molecule has 1 aromatic heterocycles. The number of piperidine rings is 1. The lowest BCUT2D eigenvalue weighted by Gasteiger charge is -2.36. The Morgan fingerprint density at radius 3 is 2.69 bits per heavy atom. The highest BCUT2D eigenvalue weighted by molar-refractivity contribution is 5.95. The van der Waals surface area contributed by atoms with Gasteiger partial charge in [0.15, 0.2) is 5.82 Å². The lowest BCUT2D eigenvalue weighted by Crippen LogP contribution is -2.42. The number of nitrogens with zero attached hydrogens (tertiary/aromatic N) is 4. The van der Waals surface area contributed by atoms with Crippen LogP contribution in [0.4, 0.5) is 5.82 Å². The van der Waals surface area contributed by atoms with Crippen LogP contribution in [-0.2, 0) is 27.3 Å². The molecule has 0 bridgehead atoms. The Morgan fingerprint density at radius 1 is 1.16 bits per heavy atom.